The molecule has 0 fully saturated rings. The standard InChI is InChI=1S/C22H28N2O5S/c1-27-19-10-6-7-11-20(19)28-14-13-23-22(26)18(12-15-30-2)24-21(25)16-29-17-8-4-3-5-9-17/h3-11,18H,12-16H2,1-2H3,(H,23,26)(H,24,25)/t18-/m1/s1. The van der Waals surface area contributed by atoms with Crippen LogP contribution in [0.5, 0.6) is 17.2 Å². The minimum Gasteiger partial charge on any atom is -0.493 e. The second-order valence-electron chi connectivity index (χ2n) is 6.29. The van der Waals surface area contributed by atoms with E-state index in [0.717, 1.165) is 5.75 Å². The molecule has 0 aliphatic carbocycles. The quantitative estimate of drug-likeness (QED) is 0.473. The summed E-state index contributed by atoms with van der Waals surface area (Å²) in [6, 6.07) is 15.7. The zero-order valence-corrected chi connectivity index (χ0v) is 18.1. The number of rotatable bonds is 13. The number of hydrogen-bond donors (Lipinski definition) is 2. The number of hydrogen-bond acceptors (Lipinski definition) is 6. The molecule has 0 aromatic heterocycles. The molecule has 8 heteroatoms. The van der Waals surface area contributed by atoms with Crippen LogP contribution in [-0.4, -0.2) is 56.7 Å². The highest BCUT2D eigenvalue weighted by molar-refractivity contribution is 7.98. The van der Waals surface area contributed by atoms with Gasteiger partial charge in [-0.2, -0.15) is 11.8 Å². The predicted molar refractivity (Wildman–Crippen MR) is 118 cm³/mol. The Labute approximate surface area is 181 Å². The summed E-state index contributed by atoms with van der Waals surface area (Å²) >= 11 is 1.61. The summed E-state index contributed by atoms with van der Waals surface area (Å²) in [6.45, 7) is 0.444. The van der Waals surface area contributed by atoms with E-state index in [9.17, 15) is 9.59 Å². The van der Waals surface area contributed by atoms with E-state index < -0.39 is 6.04 Å². The van der Waals surface area contributed by atoms with Gasteiger partial charge in [0.05, 0.1) is 13.7 Å². The average molecular weight is 433 g/mol. The van der Waals surface area contributed by atoms with Crippen LogP contribution in [0.3, 0.4) is 0 Å². The molecule has 0 radical (unpaired) electrons. The summed E-state index contributed by atoms with van der Waals surface area (Å²) < 4.78 is 16.3. The molecule has 2 amide bonds. The fourth-order valence-corrected chi connectivity index (χ4v) is 3.07. The zero-order chi connectivity index (χ0) is 21.6. The number of carbonyl (C=O) groups is 2. The molecule has 0 unspecified atom stereocenters. The Bertz CT molecular complexity index is 788. The molecule has 0 heterocycles. The molecule has 7 nitrogen and oxygen atoms in total. The van der Waals surface area contributed by atoms with Gasteiger partial charge in [-0.25, -0.2) is 0 Å². The summed E-state index contributed by atoms with van der Waals surface area (Å²) in [6.07, 6.45) is 2.48. The molecule has 0 saturated carbocycles. The molecular formula is C22H28N2O5S. The van der Waals surface area contributed by atoms with E-state index in [2.05, 4.69) is 10.6 Å². The maximum atomic E-state index is 12.5. The van der Waals surface area contributed by atoms with Crippen molar-refractivity contribution in [2.24, 2.45) is 0 Å². The summed E-state index contributed by atoms with van der Waals surface area (Å²) in [5.41, 5.74) is 0. The second-order valence-corrected chi connectivity index (χ2v) is 7.28. The highest BCUT2D eigenvalue weighted by atomic mass is 32.2. The zero-order valence-electron chi connectivity index (χ0n) is 17.3. The molecule has 0 bridgehead atoms. The van der Waals surface area contributed by atoms with Crippen molar-refractivity contribution in [3.05, 3.63) is 54.6 Å². The van der Waals surface area contributed by atoms with Gasteiger partial charge in [0.25, 0.3) is 5.91 Å². The van der Waals surface area contributed by atoms with E-state index in [4.69, 9.17) is 14.2 Å². The lowest BCUT2D eigenvalue weighted by Crippen LogP contribution is -2.49. The van der Waals surface area contributed by atoms with Crippen LogP contribution in [0.1, 0.15) is 6.42 Å². The van der Waals surface area contributed by atoms with Crippen LogP contribution in [0.25, 0.3) is 0 Å². The molecule has 2 rings (SSSR count). The van der Waals surface area contributed by atoms with Crippen LogP contribution in [0, 0.1) is 0 Å². The Balaban J connectivity index is 1.78. The van der Waals surface area contributed by atoms with Gasteiger partial charge < -0.3 is 24.8 Å². The molecular weight excluding hydrogens is 404 g/mol. The van der Waals surface area contributed by atoms with Crippen molar-refractivity contribution >= 4 is 23.6 Å². The van der Waals surface area contributed by atoms with Crippen molar-refractivity contribution in [3.8, 4) is 17.2 Å². The van der Waals surface area contributed by atoms with Gasteiger partial charge in [0.1, 0.15) is 18.4 Å². The Morgan fingerprint density at radius 1 is 1.00 bits per heavy atom. The fourth-order valence-electron chi connectivity index (χ4n) is 2.60. The molecule has 30 heavy (non-hydrogen) atoms. The third-order valence-electron chi connectivity index (χ3n) is 4.10. The van der Waals surface area contributed by atoms with E-state index in [-0.39, 0.29) is 25.0 Å². The molecule has 1 atom stereocenters. The van der Waals surface area contributed by atoms with E-state index in [1.165, 1.54) is 0 Å². The Hall–Kier alpha value is -2.87. The highest BCUT2D eigenvalue weighted by Crippen LogP contribution is 2.25. The largest absolute Gasteiger partial charge is 0.493 e. The van der Waals surface area contributed by atoms with Gasteiger partial charge in [0.2, 0.25) is 5.91 Å². The summed E-state index contributed by atoms with van der Waals surface area (Å²) in [7, 11) is 1.57. The number of carbonyl (C=O) groups excluding carboxylic acids is 2. The minimum absolute atomic E-state index is 0.149. The van der Waals surface area contributed by atoms with Gasteiger partial charge in [-0.05, 0) is 42.7 Å². The van der Waals surface area contributed by atoms with Crippen LogP contribution < -0.4 is 24.8 Å². The first-order valence-electron chi connectivity index (χ1n) is 9.63. The van der Waals surface area contributed by atoms with E-state index >= 15 is 0 Å². The first-order valence-corrected chi connectivity index (χ1v) is 11.0. The lowest BCUT2D eigenvalue weighted by Gasteiger charge is -2.18. The molecule has 0 spiro atoms. The van der Waals surface area contributed by atoms with Gasteiger partial charge in [-0.3, -0.25) is 9.59 Å². The first-order chi connectivity index (χ1) is 14.6. The number of thioether (sulfide) groups is 1. The molecule has 2 aromatic rings. The second kappa shape index (κ2) is 13.4. The van der Waals surface area contributed by atoms with Gasteiger partial charge in [-0.15, -0.1) is 0 Å². The number of benzene rings is 2. The smallest absolute Gasteiger partial charge is 0.258 e. The maximum absolute atomic E-state index is 12.5. The lowest BCUT2D eigenvalue weighted by atomic mass is 10.2. The Morgan fingerprint density at radius 2 is 1.70 bits per heavy atom. The number of amides is 2. The van der Waals surface area contributed by atoms with Crippen LogP contribution in [0.15, 0.2) is 54.6 Å². The predicted octanol–water partition coefficient (Wildman–Crippen LogP) is 2.51. The van der Waals surface area contributed by atoms with Crippen LogP contribution >= 0.6 is 11.8 Å². The number of nitrogens with one attached hydrogen (secondary N) is 2. The summed E-state index contributed by atoms with van der Waals surface area (Å²) in [5, 5.41) is 5.56. The summed E-state index contributed by atoms with van der Waals surface area (Å²) in [5.74, 6) is 2.00. The topological polar surface area (TPSA) is 85.9 Å². The van der Waals surface area contributed by atoms with Crippen LogP contribution in [0.4, 0.5) is 0 Å². The Morgan fingerprint density at radius 3 is 2.40 bits per heavy atom. The van der Waals surface area contributed by atoms with Crippen molar-refractivity contribution in [3.63, 3.8) is 0 Å². The molecule has 0 saturated heterocycles. The van der Waals surface area contributed by atoms with Crippen molar-refractivity contribution in [2.75, 3.05) is 38.9 Å². The number of methoxy groups -OCH3 is 1. The highest BCUT2D eigenvalue weighted by Gasteiger charge is 2.20. The van der Waals surface area contributed by atoms with E-state index in [1.54, 1.807) is 43.1 Å². The van der Waals surface area contributed by atoms with Crippen molar-refractivity contribution in [1.29, 1.82) is 0 Å². The van der Waals surface area contributed by atoms with Crippen molar-refractivity contribution in [1.82, 2.24) is 10.6 Å². The minimum atomic E-state index is -0.629. The first kappa shape index (κ1) is 23.4. The maximum Gasteiger partial charge on any atom is 0.258 e. The molecule has 2 aromatic carbocycles. The normalized spacial score (nSPS) is 11.3. The van der Waals surface area contributed by atoms with Gasteiger partial charge in [0, 0.05) is 0 Å². The monoisotopic (exact) mass is 432 g/mol. The van der Waals surface area contributed by atoms with Gasteiger partial charge >= 0.3 is 0 Å². The summed E-state index contributed by atoms with van der Waals surface area (Å²) in [4.78, 5) is 24.8. The molecule has 2 N–H and O–H groups in total. The Kier molecular flexibility index (Phi) is 10.4. The van der Waals surface area contributed by atoms with Crippen LogP contribution in [0.2, 0.25) is 0 Å². The number of ether oxygens (including phenoxy) is 3. The van der Waals surface area contributed by atoms with Gasteiger partial charge in [-0.1, -0.05) is 30.3 Å². The SMILES string of the molecule is COc1ccccc1OCCNC(=O)[C@@H](CCSC)NC(=O)COc1ccccc1. The molecule has 162 valence electrons. The third-order valence-corrected chi connectivity index (χ3v) is 4.75. The fraction of sp³-hybridized carbons (Fsp3) is 0.364. The lowest BCUT2D eigenvalue weighted by molar-refractivity contribution is -0.130. The molecule has 0 aliphatic rings. The molecule has 0 aliphatic heterocycles. The van der Waals surface area contributed by atoms with E-state index in [0.29, 0.717) is 30.2 Å². The van der Waals surface area contributed by atoms with E-state index in [1.807, 2.05) is 36.6 Å². The van der Waals surface area contributed by atoms with Crippen LogP contribution in [-0.2, 0) is 9.59 Å². The van der Waals surface area contributed by atoms with Crippen molar-refractivity contribution in [2.45, 2.75) is 12.5 Å². The van der Waals surface area contributed by atoms with Gasteiger partial charge in [0.15, 0.2) is 18.1 Å². The third kappa shape index (κ3) is 8.24. The average Bonchev–Trinajstić information content (AvgIpc) is 2.78. The van der Waals surface area contributed by atoms with Crippen molar-refractivity contribution < 1.29 is 23.8 Å². The number of para-hydroxylation sites is 3.